The van der Waals surface area contributed by atoms with Gasteiger partial charge in [-0.1, -0.05) is 105 Å². The number of hydrogen-bond acceptors (Lipinski definition) is 3. The van der Waals surface area contributed by atoms with Crippen molar-refractivity contribution in [2.24, 2.45) is 17.8 Å². The second kappa shape index (κ2) is 14.4. The van der Waals surface area contributed by atoms with Gasteiger partial charge in [-0.25, -0.2) is 9.80 Å². The molecule has 7 nitrogen and oxygen atoms in total. The zero-order valence-electron chi connectivity index (χ0n) is 21.8. The predicted molar refractivity (Wildman–Crippen MR) is 150 cm³/mol. The number of hydrogen-bond donors (Lipinski definition) is 3. The Labute approximate surface area is 224 Å². The van der Waals surface area contributed by atoms with Crippen molar-refractivity contribution in [3.05, 3.63) is 108 Å². The van der Waals surface area contributed by atoms with Crippen LogP contribution >= 0.6 is 0 Å². The van der Waals surface area contributed by atoms with Crippen molar-refractivity contribution >= 4 is 29.7 Å². The standard InChI is InChI=1S/C31H35N3O4/c1-23(2)21-28(27(30(36)37)20-12-17-24-13-6-3-7-14-24)29(35)33-34(26-18-10-5-11-19-26)31(38)32-22-25-15-8-4-9-16-25/h3-19,23,27-28H,20-22H2,1-2H3,(H,32,38)(H,33,35)(H,36,37)/t27-,28-/m0/s1. The molecule has 3 aromatic carbocycles. The summed E-state index contributed by atoms with van der Waals surface area (Å²) in [5.74, 6) is -3.30. The quantitative estimate of drug-likeness (QED) is 0.278. The zero-order valence-corrected chi connectivity index (χ0v) is 21.8. The van der Waals surface area contributed by atoms with Crippen molar-refractivity contribution in [2.75, 3.05) is 5.01 Å². The summed E-state index contributed by atoms with van der Waals surface area (Å²) in [5, 5.41) is 14.0. The Morgan fingerprint density at radius 3 is 2.00 bits per heavy atom. The molecule has 0 saturated heterocycles. The third kappa shape index (κ3) is 8.62. The summed E-state index contributed by atoms with van der Waals surface area (Å²) in [4.78, 5) is 39.1. The molecule has 3 amide bonds. The molecule has 38 heavy (non-hydrogen) atoms. The van der Waals surface area contributed by atoms with Crippen LogP contribution in [0.2, 0.25) is 0 Å². The minimum Gasteiger partial charge on any atom is -0.481 e. The number of hydrazine groups is 1. The van der Waals surface area contributed by atoms with Gasteiger partial charge >= 0.3 is 12.0 Å². The van der Waals surface area contributed by atoms with E-state index in [1.165, 1.54) is 0 Å². The molecule has 0 unspecified atom stereocenters. The Morgan fingerprint density at radius 2 is 1.42 bits per heavy atom. The number of urea groups is 1. The molecule has 198 valence electrons. The van der Waals surface area contributed by atoms with Crippen LogP contribution in [-0.2, 0) is 16.1 Å². The van der Waals surface area contributed by atoms with E-state index in [9.17, 15) is 19.5 Å². The molecule has 0 radical (unpaired) electrons. The van der Waals surface area contributed by atoms with E-state index in [-0.39, 0.29) is 18.9 Å². The summed E-state index contributed by atoms with van der Waals surface area (Å²) < 4.78 is 0. The fourth-order valence-corrected chi connectivity index (χ4v) is 4.17. The average molecular weight is 514 g/mol. The smallest absolute Gasteiger partial charge is 0.341 e. The second-order valence-electron chi connectivity index (χ2n) is 9.52. The molecule has 0 aromatic heterocycles. The number of anilines is 1. The first-order chi connectivity index (χ1) is 18.3. The van der Waals surface area contributed by atoms with Gasteiger partial charge in [0.2, 0.25) is 5.91 Å². The molecule has 0 heterocycles. The number of carbonyl (C=O) groups is 3. The number of benzene rings is 3. The van der Waals surface area contributed by atoms with Gasteiger partial charge in [0.05, 0.1) is 17.5 Å². The maximum atomic E-state index is 13.6. The minimum absolute atomic E-state index is 0.0720. The molecular weight excluding hydrogens is 478 g/mol. The first kappa shape index (κ1) is 28.2. The predicted octanol–water partition coefficient (Wildman–Crippen LogP) is 5.90. The molecule has 3 aromatic rings. The van der Waals surface area contributed by atoms with E-state index in [1.807, 2.05) is 86.7 Å². The van der Waals surface area contributed by atoms with Crippen LogP contribution in [0, 0.1) is 17.8 Å². The van der Waals surface area contributed by atoms with Gasteiger partial charge in [-0.05, 0) is 42.0 Å². The molecule has 0 fully saturated rings. The Hall–Kier alpha value is -4.39. The van der Waals surface area contributed by atoms with Crippen molar-refractivity contribution in [3.8, 4) is 0 Å². The molecule has 0 bridgehead atoms. The number of carbonyl (C=O) groups excluding carboxylic acids is 2. The lowest BCUT2D eigenvalue weighted by molar-refractivity contribution is -0.147. The number of rotatable bonds is 11. The normalized spacial score (nSPS) is 12.6. The van der Waals surface area contributed by atoms with E-state index >= 15 is 0 Å². The highest BCUT2D eigenvalue weighted by Crippen LogP contribution is 2.26. The van der Waals surface area contributed by atoms with Gasteiger partial charge in [0, 0.05) is 6.54 Å². The average Bonchev–Trinajstić information content (AvgIpc) is 2.93. The van der Waals surface area contributed by atoms with E-state index in [0.717, 1.165) is 16.1 Å². The largest absolute Gasteiger partial charge is 0.481 e. The maximum Gasteiger partial charge on any atom is 0.341 e. The van der Waals surface area contributed by atoms with E-state index in [2.05, 4.69) is 10.7 Å². The van der Waals surface area contributed by atoms with E-state index < -0.39 is 29.7 Å². The Kier molecular flexibility index (Phi) is 10.7. The Morgan fingerprint density at radius 1 is 0.842 bits per heavy atom. The van der Waals surface area contributed by atoms with Crippen LogP contribution in [0.5, 0.6) is 0 Å². The van der Waals surface area contributed by atoms with E-state index in [4.69, 9.17) is 0 Å². The number of allylic oxidation sites excluding steroid dienone is 1. The first-order valence-electron chi connectivity index (χ1n) is 12.8. The number of amides is 3. The molecule has 0 saturated carbocycles. The Bertz CT molecular complexity index is 1200. The van der Waals surface area contributed by atoms with Crippen LogP contribution in [0.4, 0.5) is 10.5 Å². The molecule has 3 N–H and O–H groups in total. The maximum absolute atomic E-state index is 13.6. The third-order valence-electron chi connectivity index (χ3n) is 6.09. The van der Waals surface area contributed by atoms with Crippen LogP contribution in [0.15, 0.2) is 97.1 Å². The van der Waals surface area contributed by atoms with Crippen molar-refractivity contribution in [1.29, 1.82) is 0 Å². The Balaban J connectivity index is 1.80. The SMILES string of the molecule is CC(C)C[C@H](C(=O)NN(C(=O)NCc1ccccc1)c1ccccc1)[C@H](CC=Cc1ccccc1)C(=O)O. The van der Waals surface area contributed by atoms with Gasteiger partial charge in [-0.15, -0.1) is 0 Å². The molecule has 0 aliphatic heterocycles. The number of nitrogens with zero attached hydrogens (tertiary/aromatic N) is 1. The molecule has 2 atom stereocenters. The summed E-state index contributed by atoms with van der Waals surface area (Å²) in [5.41, 5.74) is 5.04. The number of aliphatic carboxylic acids is 1. The molecule has 7 heteroatoms. The van der Waals surface area contributed by atoms with Crippen LogP contribution in [-0.4, -0.2) is 23.0 Å². The number of para-hydroxylation sites is 1. The van der Waals surface area contributed by atoms with Crippen molar-refractivity contribution in [3.63, 3.8) is 0 Å². The van der Waals surface area contributed by atoms with Gasteiger partial charge in [-0.3, -0.25) is 15.0 Å². The number of carboxylic acids is 1. The first-order valence-corrected chi connectivity index (χ1v) is 12.8. The monoisotopic (exact) mass is 513 g/mol. The highest BCUT2D eigenvalue weighted by Gasteiger charge is 2.35. The molecule has 0 spiro atoms. The van der Waals surface area contributed by atoms with Crippen LogP contribution in [0.3, 0.4) is 0 Å². The lowest BCUT2D eigenvalue weighted by Gasteiger charge is -2.29. The van der Waals surface area contributed by atoms with Crippen molar-refractivity contribution in [1.82, 2.24) is 10.7 Å². The van der Waals surface area contributed by atoms with Crippen molar-refractivity contribution < 1.29 is 19.5 Å². The highest BCUT2D eigenvalue weighted by atomic mass is 16.4. The lowest BCUT2D eigenvalue weighted by Crippen LogP contribution is -2.53. The molecule has 0 aliphatic rings. The van der Waals surface area contributed by atoms with Crippen LogP contribution in [0.1, 0.15) is 37.8 Å². The topological polar surface area (TPSA) is 98.7 Å². The van der Waals surface area contributed by atoms with Gasteiger partial charge in [-0.2, -0.15) is 0 Å². The molecule has 0 aliphatic carbocycles. The zero-order chi connectivity index (χ0) is 27.3. The van der Waals surface area contributed by atoms with Gasteiger partial charge < -0.3 is 10.4 Å². The van der Waals surface area contributed by atoms with Crippen LogP contribution < -0.4 is 15.8 Å². The van der Waals surface area contributed by atoms with E-state index in [1.54, 1.807) is 30.3 Å². The third-order valence-corrected chi connectivity index (χ3v) is 6.09. The van der Waals surface area contributed by atoms with Crippen LogP contribution in [0.25, 0.3) is 6.08 Å². The second-order valence-corrected chi connectivity index (χ2v) is 9.52. The fourth-order valence-electron chi connectivity index (χ4n) is 4.17. The summed E-state index contributed by atoms with van der Waals surface area (Å²) >= 11 is 0. The summed E-state index contributed by atoms with van der Waals surface area (Å²) in [6.07, 6.45) is 4.18. The number of nitrogens with one attached hydrogen (secondary N) is 2. The minimum atomic E-state index is -1.05. The van der Waals surface area contributed by atoms with Crippen molar-refractivity contribution in [2.45, 2.75) is 33.2 Å². The fraction of sp³-hybridized carbons (Fsp3) is 0.258. The molecule has 3 rings (SSSR count). The lowest BCUT2D eigenvalue weighted by atomic mass is 9.82. The van der Waals surface area contributed by atoms with E-state index in [0.29, 0.717) is 12.1 Å². The summed E-state index contributed by atoms with van der Waals surface area (Å²) in [6.45, 7) is 4.16. The van der Waals surface area contributed by atoms with Gasteiger partial charge in [0.15, 0.2) is 0 Å². The molecular formula is C31H35N3O4. The highest BCUT2D eigenvalue weighted by molar-refractivity contribution is 5.96. The summed E-state index contributed by atoms with van der Waals surface area (Å²) in [6, 6.07) is 27.3. The van der Waals surface area contributed by atoms with Gasteiger partial charge in [0.25, 0.3) is 0 Å². The van der Waals surface area contributed by atoms with Gasteiger partial charge in [0.1, 0.15) is 0 Å². The summed E-state index contributed by atoms with van der Waals surface area (Å²) in [7, 11) is 0. The number of carboxylic acid groups (broad SMARTS) is 1.